The lowest BCUT2D eigenvalue weighted by Gasteiger charge is -2.20. The molecule has 0 heterocycles. The lowest BCUT2D eigenvalue weighted by molar-refractivity contribution is -0.384. The van der Waals surface area contributed by atoms with Crippen molar-refractivity contribution < 1.29 is 19.6 Å². The van der Waals surface area contributed by atoms with Gasteiger partial charge in [-0.25, -0.2) is 0 Å². The highest BCUT2D eigenvalue weighted by atomic mass is 16.6. The van der Waals surface area contributed by atoms with Gasteiger partial charge in [-0.1, -0.05) is 12.1 Å². The highest BCUT2D eigenvalue weighted by molar-refractivity contribution is 5.77. The first-order valence-electron chi connectivity index (χ1n) is 6.92. The van der Waals surface area contributed by atoms with Gasteiger partial charge in [-0.3, -0.25) is 19.7 Å². The number of amides is 1. The molecule has 0 atom stereocenters. The Morgan fingerprint density at radius 1 is 1.32 bits per heavy atom. The molecule has 0 radical (unpaired) electrons. The molecule has 0 fully saturated rings. The summed E-state index contributed by atoms with van der Waals surface area (Å²) >= 11 is 0. The Kier molecular flexibility index (Phi) is 6.81. The summed E-state index contributed by atoms with van der Waals surface area (Å²) in [6.07, 6.45) is 0.0384. The fourth-order valence-electron chi connectivity index (χ4n) is 1.93. The first-order valence-corrected chi connectivity index (χ1v) is 6.92. The molecule has 0 bridgehead atoms. The minimum atomic E-state index is -0.954. The van der Waals surface area contributed by atoms with Crippen LogP contribution in [0.3, 0.4) is 0 Å². The van der Waals surface area contributed by atoms with Crippen LogP contribution in [0.1, 0.15) is 19.8 Å². The number of anilines is 1. The zero-order valence-corrected chi connectivity index (χ0v) is 12.3. The van der Waals surface area contributed by atoms with E-state index in [0.717, 1.165) is 0 Å². The molecule has 0 aromatic heterocycles. The van der Waals surface area contributed by atoms with E-state index >= 15 is 0 Å². The zero-order chi connectivity index (χ0) is 16.5. The van der Waals surface area contributed by atoms with E-state index < -0.39 is 10.9 Å². The van der Waals surface area contributed by atoms with Crippen molar-refractivity contribution in [2.75, 3.05) is 25.0 Å². The van der Waals surface area contributed by atoms with E-state index in [4.69, 9.17) is 5.11 Å². The maximum absolute atomic E-state index is 12.0. The molecule has 1 rings (SSSR count). The van der Waals surface area contributed by atoms with Crippen LogP contribution in [0.5, 0.6) is 0 Å². The standard InChI is InChI=1S/C14H19N3O5/c1-2-16(10-8-14(19)20)13(18)7-9-15-11-5-3-4-6-12(11)17(21)22/h3-6,15H,2,7-10H2,1H3,(H,19,20). The number of aliphatic carboxylic acids is 1. The normalized spacial score (nSPS) is 10.0. The van der Waals surface area contributed by atoms with Gasteiger partial charge in [0, 0.05) is 32.1 Å². The molecular formula is C14H19N3O5. The number of nitro groups is 1. The van der Waals surface area contributed by atoms with Crippen molar-refractivity contribution in [1.82, 2.24) is 4.90 Å². The minimum Gasteiger partial charge on any atom is -0.481 e. The Balaban J connectivity index is 2.51. The van der Waals surface area contributed by atoms with Crippen LogP contribution in [0, 0.1) is 10.1 Å². The largest absolute Gasteiger partial charge is 0.481 e. The first-order chi connectivity index (χ1) is 10.5. The van der Waals surface area contributed by atoms with Crippen LogP contribution in [0.2, 0.25) is 0 Å². The third-order valence-electron chi connectivity index (χ3n) is 3.09. The third kappa shape index (κ3) is 5.39. The summed E-state index contributed by atoms with van der Waals surface area (Å²) in [5.41, 5.74) is 0.307. The summed E-state index contributed by atoms with van der Waals surface area (Å²) < 4.78 is 0. The number of benzene rings is 1. The number of carbonyl (C=O) groups is 2. The highest BCUT2D eigenvalue weighted by Gasteiger charge is 2.15. The van der Waals surface area contributed by atoms with Gasteiger partial charge in [0.05, 0.1) is 11.3 Å². The second kappa shape index (κ2) is 8.60. The topological polar surface area (TPSA) is 113 Å². The van der Waals surface area contributed by atoms with Gasteiger partial charge in [-0.2, -0.15) is 0 Å². The number of para-hydroxylation sites is 2. The van der Waals surface area contributed by atoms with Gasteiger partial charge in [-0.05, 0) is 13.0 Å². The van der Waals surface area contributed by atoms with Crippen LogP contribution < -0.4 is 5.32 Å². The lowest BCUT2D eigenvalue weighted by atomic mass is 10.2. The lowest BCUT2D eigenvalue weighted by Crippen LogP contribution is -2.33. The molecule has 0 aliphatic carbocycles. The molecule has 0 unspecified atom stereocenters. The van der Waals surface area contributed by atoms with Crippen LogP contribution >= 0.6 is 0 Å². The second-order valence-electron chi connectivity index (χ2n) is 4.57. The van der Waals surface area contributed by atoms with Gasteiger partial charge >= 0.3 is 5.97 Å². The minimum absolute atomic E-state index is 0.0480. The van der Waals surface area contributed by atoms with Crippen molar-refractivity contribution in [3.8, 4) is 0 Å². The fourth-order valence-corrected chi connectivity index (χ4v) is 1.93. The van der Waals surface area contributed by atoms with Gasteiger partial charge in [0.15, 0.2) is 0 Å². The van der Waals surface area contributed by atoms with Crippen molar-refractivity contribution in [1.29, 1.82) is 0 Å². The van der Waals surface area contributed by atoms with Crippen molar-refractivity contribution in [2.24, 2.45) is 0 Å². The molecule has 8 nitrogen and oxygen atoms in total. The van der Waals surface area contributed by atoms with Crippen LogP contribution in [-0.2, 0) is 9.59 Å². The van der Waals surface area contributed by atoms with Crippen LogP contribution in [0.4, 0.5) is 11.4 Å². The molecule has 0 aliphatic rings. The van der Waals surface area contributed by atoms with E-state index in [1.807, 2.05) is 0 Å². The zero-order valence-electron chi connectivity index (χ0n) is 12.3. The smallest absolute Gasteiger partial charge is 0.305 e. The van der Waals surface area contributed by atoms with Crippen LogP contribution in [0.25, 0.3) is 0 Å². The molecule has 1 aromatic rings. The number of carboxylic acids is 1. The van der Waals surface area contributed by atoms with E-state index in [9.17, 15) is 19.7 Å². The molecule has 120 valence electrons. The highest BCUT2D eigenvalue weighted by Crippen LogP contribution is 2.22. The summed E-state index contributed by atoms with van der Waals surface area (Å²) in [5.74, 6) is -1.14. The number of nitrogens with zero attached hydrogens (tertiary/aromatic N) is 2. The van der Waals surface area contributed by atoms with Crippen molar-refractivity contribution in [3.63, 3.8) is 0 Å². The monoisotopic (exact) mass is 309 g/mol. The first kappa shape index (κ1) is 17.4. The van der Waals surface area contributed by atoms with E-state index in [1.54, 1.807) is 25.1 Å². The molecule has 0 saturated carbocycles. The predicted octanol–water partition coefficient (Wildman–Crippen LogP) is 1.72. The number of nitro benzene ring substituents is 1. The quantitative estimate of drug-likeness (QED) is 0.530. The Bertz CT molecular complexity index is 547. The molecule has 8 heteroatoms. The summed E-state index contributed by atoms with van der Waals surface area (Å²) in [7, 11) is 0. The van der Waals surface area contributed by atoms with Crippen LogP contribution in [-0.4, -0.2) is 46.4 Å². The number of hydrogen-bond donors (Lipinski definition) is 2. The maximum Gasteiger partial charge on any atom is 0.305 e. The average molecular weight is 309 g/mol. The number of carbonyl (C=O) groups excluding carboxylic acids is 1. The predicted molar refractivity (Wildman–Crippen MR) is 80.7 cm³/mol. The Labute approximate surface area is 127 Å². The van der Waals surface area contributed by atoms with Crippen molar-refractivity contribution in [3.05, 3.63) is 34.4 Å². The molecule has 1 aromatic carbocycles. The third-order valence-corrected chi connectivity index (χ3v) is 3.09. The Hall–Kier alpha value is -2.64. The molecule has 2 N–H and O–H groups in total. The number of nitrogens with one attached hydrogen (secondary N) is 1. The average Bonchev–Trinajstić information content (AvgIpc) is 2.48. The van der Waals surface area contributed by atoms with Crippen LogP contribution in [0.15, 0.2) is 24.3 Å². The van der Waals surface area contributed by atoms with E-state index in [2.05, 4.69) is 5.32 Å². The second-order valence-corrected chi connectivity index (χ2v) is 4.57. The molecule has 22 heavy (non-hydrogen) atoms. The summed E-state index contributed by atoms with van der Waals surface area (Å²) in [4.78, 5) is 34.3. The molecular weight excluding hydrogens is 290 g/mol. The van der Waals surface area contributed by atoms with Gasteiger partial charge in [0.25, 0.3) is 5.69 Å². The van der Waals surface area contributed by atoms with Gasteiger partial charge in [-0.15, -0.1) is 0 Å². The number of carboxylic acid groups (broad SMARTS) is 1. The van der Waals surface area contributed by atoms with E-state index in [1.165, 1.54) is 11.0 Å². The van der Waals surface area contributed by atoms with Gasteiger partial charge in [0.2, 0.25) is 5.91 Å². The molecule has 0 saturated heterocycles. The summed E-state index contributed by atoms with van der Waals surface area (Å²) in [6.45, 7) is 2.61. The fraction of sp³-hybridized carbons (Fsp3) is 0.429. The van der Waals surface area contributed by atoms with Gasteiger partial charge < -0.3 is 15.3 Å². The SMILES string of the molecule is CCN(CCC(=O)O)C(=O)CCNc1ccccc1[N+](=O)[O-]. The maximum atomic E-state index is 12.0. The number of rotatable bonds is 9. The summed E-state index contributed by atoms with van der Waals surface area (Å²) in [6, 6.07) is 6.20. The van der Waals surface area contributed by atoms with Gasteiger partial charge in [0.1, 0.15) is 5.69 Å². The number of hydrogen-bond acceptors (Lipinski definition) is 5. The Morgan fingerprint density at radius 3 is 2.59 bits per heavy atom. The van der Waals surface area contributed by atoms with Crippen molar-refractivity contribution in [2.45, 2.75) is 19.8 Å². The Morgan fingerprint density at radius 2 is 2.00 bits per heavy atom. The molecule has 1 amide bonds. The molecule has 0 spiro atoms. The van der Waals surface area contributed by atoms with E-state index in [0.29, 0.717) is 12.2 Å². The van der Waals surface area contributed by atoms with E-state index in [-0.39, 0.29) is 37.5 Å². The van der Waals surface area contributed by atoms with Crippen molar-refractivity contribution >= 4 is 23.3 Å². The summed E-state index contributed by atoms with van der Waals surface area (Å²) in [5, 5.41) is 22.4. The molecule has 0 aliphatic heterocycles.